The zero-order valence-electron chi connectivity index (χ0n) is 11.2. The molecule has 0 bridgehead atoms. The lowest BCUT2D eigenvalue weighted by molar-refractivity contribution is -0.0613. The van der Waals surface area contributed by atoms with Crippen LogP contribution in [0.15, 0.2) is 23.1 Å². The molecule has 2 heterocycles. The van der Waals surface area contributed by atoms with Crippen LogP contribution in [0, 0.1) is 0 Å². The third kappa shape index (κ3) is 2.15. The molecule has 2 aliphatic rings. The number of sulfonamides is 1. The van der Waals surface area contributed by atoms with Crippen molar-refractivity contribution >= 4 is 10.0 Å². The van der Waals surface area contributed by atoms with Gasteiger partial charge >= 0.3 is 0 Å². The Morgan fingerprint density at radius 2 is 1.90 bits per heavy atom. The molecule has 1 N–H and O–H groups in total. The number of hydrogen-bond donors (Lipinski definition) is 1. The van der Waals surface area contributed by atoms with Crippen molar-refractivity contribution in [1.29, 1.82) is 0 Å². The van der Waals surface area contributed by atoms with Gasteiger partial charge in [0.25, 0.3) is 0 Å². The molecular weight excluding hydrogens is 282 g/mol. The SMILES string of the molecule is CCC1(O)CN(S(=O)(=O)c2ccc3c(c2)OCCO3)C1. The van der Waals surface area contributed by atoms with Gasteiger partial charge in [-0.05, 0) is 18.6 Å². The van der Waals surface area contributed by atoms with E-state index >= 15 is 0 Å². The fourth-order valence-electron chi connectivity index (χ4n) is 2.34. The summed E-state index contributed by atoms with van der Waals surface area (Å²) in [6.07, 6.45) is 0.542. The lowest BCUT2D eigenvalue weighted by Gasteiger charge is -2.44. The fourth-order valence-corrected chi connectivity index (χ4v) is 3.95. The van der Waals surface area contributed by atoms with E-state index in [4.69, 9.17) is 9.47 Å². The minimum absolute atomic E-state index is 0.139. The van der Waals surface area contributed by atoms with Crippen LogP contribution in [0.3, 0.4) is 0 Å². The third-order valence-electron chi connectivity index (χ3n) is 3.75. The zero-order valence-corrected chi connectivity index (χ0v) is 12.0. The highest BCUT2D eigenvalue weighted by molar-refractivity contribution is 7.89. The van der Waals surface area contributed by atoms with Crippen molar-refractivity contribution in [2.75, 3.05) is 26.3 Å². The summed E-state index contributed by atoms with van der Waals surface area (Å²) in [5.41, 5.74) is -0.888. The van der Waals surface area contributed by atoms with E-state index in [1.165, 1.54) is 16.4 Å². The summed E-state index contributed by atoms with van der Waals surface area (Å²) in [5.74, 6) is 1.01. The van der Waals surface area contributed by atoms with E-state index in [9.17, 15) is 13.5 Å². The highest BCUT2D eigenvalue weighted by Crippen LogP contribution is 2.35. The number of benzene rings is 1. The van der Waals surface area contributed by atoms with Crippen LogP contribution >= 0.6 is 0 Å². The summed E-state index contributed by atoms with van der Waals surface area (Å²) in [7, 11) is -3.58. The largest absolute Gasteiger partial charge is 0.486 e. The Morgan fingerprint density at radius 1 is 1.25 bits per heavy atom. The van der Waals surface area contributed by atoms with E-state index in [1.54, 1.807) is 6.07 Å². The second-order valence-electron chi connectivity index (χ2n) is 5.16. The Bertz CT molecular complexity index is 622. The van der Waals surface area contributed by atoms with Crippen LogP contribution in [0.4, 0.5) is 0 Å². The Balaban J connectivity index is 1.85. The van der Waals surface area contributed by atoms with E-state index in [2.05, 4.69) is 0 Å². The highest BCUT2D eigenvalue weighted by Gasteiger charge is 2.46. The standard InChI is InChI=1S/C13H17NO5S/c1-2-13(15)8-14(9-13)20(16,17)10-3-4-11-12(7-10)19-6-5-18-11/h3-4,7,15H,2,5-6,8-9H2,1H3. The lowest BCUT2D eigenvalue weighted by Crippen LogP contribution is -2.62. The lowest BCUT2D eigenvalue weighted by atomic mass is 9.94. The van der Waals surface area contributed by atoms with Crippen molar-refractivity contribution in [3.8, 4) is 11.5 Å². The molecule has 0 radical (unpaired) electrons. The van der Waals surface area contributed by atoms with Gasteiger partial charge in [-0.2, -0.15) is 4.31 Å². The normalized spacial score (nSPS) is 21.3. The molecule has 0 atom stereocenters. The van der Waals surface area contributed by atoms with E-state index in [0.717, 1.165) is 0 Å². The van der Waals surface area contributed by atoms with Crippen molar-refractivity contribution in [1.82, 2.24) is 4.31 Å². The summed E-state index contributed by atoms with van der Waals surface area (Å²) < 4.78 is 36.9. The molecule has 7 heteroatoms. The maximum absolute atomic E-state index is 12.4. The van der Waals surface area contributed by atoms with Gasteiger partial charge in [-0.3, -0.25) is 0 Å². The number of aliphatic hydroxyl groups is 1. The van der Waals surface area contributed by atoms with E-state index in [1.807, 2.05) is 6.92 Å². The van der Waals surface area contributed by atoms with Gasteiger partial charge in [-0.25, -0.2) is 8.42 Å². The van der Waals surface area contributed by atoms with Gasteiger partial charge in [0.05, 0.1) is 10.5 Å². The first-order valence-electron chi connectivity index (χ1n) is 6.57. The van der Waals surface area contributed by atoms with Gasteiger partial charge in [0, 0.05) is 19.2 Å². The zero-order chi connectivity index (χ0) is 14.4. The minimum atomic E-state index is -3.58. The van der Waals surface area contributed by atoms with Crippen LogP contribution in [-0.2, 0) is 10.0 Å². The molecule has 0 aliphatic carbocycles. The van der Waals surface area contributed by atoms with Gasteiger partial charge in [0.15, 0.2) is 11.5 Å². The van der Waals surface area contributed by atoms with Gasteiger partial charge in [-0.15, -0.1) is 0 Å². The molecule has 0 spiro atoms. The predicted molar refractivity (Wildman–Crippen MR) is 71.4 cm³/mol. The number of fused-ring (bicyclic) bond motifs is 1. The molecule has 1 fully saturated rings. The molecule has 0 aromatic heterocycles. The first kappa shape index (κ1) is 13.7. The molecule has 0 saturated carbocycles. The molecule has 1 aromatic carbocycles. The monoisotopic (exact) mass is 299 g/mol. The van der Waals surface area contributed by atoms with Crippen LogP contribution in [0.1, 0.15) is 13.3 Å². The second kappa shape index (κ2) is 4.61. The molecule has 2 aliphatic heterocycles. The summed E-state index contributed by atoms with van der Waals surface area (Å²) in [6.45, 7) is 3.00. The second-order valence-corrected chi connectivity index (χ2v) is 7.09. The molecule has 1 aromatic rings. The Hall–Kier alpha value is -1.31. The quantitative estimate of drug-likeness (QED) is 0.884. The van der Waals surface area contributed by atoms with Crippen molar-refractivity contribution in [2.45, 2.75) is 23.8 Å². The minimum Gasteiger partial charge on any atom is -0.486 e. The fraction of sp³-hybridized carbons (Fsp3) is 0.538. The summed E-state index contributed by atoms with van der Waals surface area (Å²) in [6, 6.07) is 4.59. The van der Waals surface area contributed by atoms with Crippen LogP contribution in [0.2, 0.25) is 0 Å². The Morgan fingerprint density at radius 3 is 2.55 bits per heavy atom. The van der Waals surface area contributed by atoms with E-state index in [-0.39, 0.29) is 18.0 Å². The number of hydrogen-bond acceptors (Lipinski definition) is 5. The van der Waals surface area contributed by atoms with E-state index < -0.39 is 15.6 Å². The van der Waals surface area contributed by atoms with Gasteiger partial charge in [-0.1, -0.05) is 6.92 Å². The van der Waals surface area contributed by atoms with Gasteiger partial charge < -0.3 is 14.6 Å². The molecule has 1 saturated heterocycles. The smallest absolute Gasteiger partial charge is 0.243 e. The molecule has 6 nitrogen and oxygen atoms in total. The average molecular weight is 299 g/mol. The molecule has 0 unspecified atom stereocenters. The number of ether oxygens (including phenoxy) is 2. The average Bonchev–Trinajstić information content (AvgIpc) is 2.43. The van der Waals surface area contributed by atoms with Crippen LogP contribution in [-0.4, -0.2) is 49.7 Å². The summed E-state index contributed by atoms with van der Waals surface area (Å²) in [4.78, 5) is 0.167. The molecule has 0 amide bonds. The predicted octanol–water partition coefficient (Wildman–Crippen LogP) is 0.603. The summed E-state index contributed by atoms with van der Waals surface area (Å²) >= 11 is 0. The maximum Gasteiger partial charge on any atom is 0.243 e. The van der Waals surface area contributed by atoms with Crippen molar-refractivity contribution in [3.63, 3.8) is 0 Å². The van der Waals surface area contributed by atoms with Crippen molar-refractivity contribution in [3.05, 3.63) is 18.2 Å². The van der Waals surface area contributed by atoms with Crippen LogP contribution in [0.5, 0.6) is 11.5 Å². The summed E-state index contributed by atoms with van der Waals surface area (Å²) in [5, 5.41) is 9.94. The molecule has 3 rings (SSSR count). The highest BCUT2D eigenvalue weighted by atomic mass is 32.2. The first-order valence-corrected chi connectivity index (χ1v) is 8.01. The Labute approximate surface area is 118 Å². The molecular formula is C13H17NO5S. The number of β-amino-alcohol motifs (C(OH)–C–C–N with tert-alkyl or cyclic N) is 1. The van der Waals surface area contributed by atoms with E-state index in [0.29, 0.717) is 31.1 Å². The Kier molecular flexibility index (Phi) is 3.15. The number of nitrogens with zero attached hydrogens (tertiary/aromatic N) is 1. The topological polar surface area (TPSA) is 76.1 Å². The first-order chi connectivity index (χ1) is 9.44. The molecule has 110 valence electrons. The van der Waals surface area contributed by atoms with Crippen molar-refractivity contribution < 1.29 is 23.0 Å². The third-order valence-corrected chi connectivity index (χ3v) is 5.54. The molecule has 20 heavy (non-hydrogen) atoms. The van der Waals surface area contributed by atoms with Crippen molar-refractivity contribution in [2.24, 2.45) is 0 Å². The van der Waals surface area contributed by atoms with Crippen LogP contribution < -0.4 is 9.47 Å². The number of rotatable bonds is 3. The van der Waals surface area contributed by atoms with Gasteiger partial charge in [0.2, 0.25) is 10.0 Å². The maximum atomic E-state index is 12.4. The van der Waals surface area contributed by atoms with Crippen LogP contribution in [0.25, 0.3) is 0 Å². The van der Waals surface area contributed by atoms with Gasteiger partial charge in [0.1, 0.15) is 13.2 Å².